The van der Waals surface area contributed by atoms with E-state index in [0.29, 0.717) is 6.54 Å². The van der Waals surface area contributed by atoms with E-state index in [0.717, 1.165) is 57.2 Å². The van der Waals surface area contributed by atoms with Crippen molar-refractivity contribution >= 4 is 18.3 Å². The molecule has 0 spiro atoms. The van der Waals surface area contributed by atoms with E-state index >= 15 is 0 Å². The highest BCUT2D eigenvalue weighted by atomic mass is 35.5. The first kappa shape index (κ1) is 19.9. The monoisotopic (exact) mass is 342 g/mol. The van der Waals surface area contributed by atoms with E-state index in [9.17, 15) is 9.18 Å². The molecule has 23 heavy (non-hydrogen) atoms. The van der Waals surface area contributed by atoms with Crippen LogP contribution in [0.2, 0.25) is 0 Å². The summed E-state index contributed by atoms with van der Waals surface area (Å²) in [7, 11) is 0. The van der Waals surface area contributed by atoms with Crippen LogP contribution in [0.5, 0.6) is 0 Å². The maximum Gasteiger partial charge on any atom is 0.230 e. The lowest BCUT2D eigenvalue weighted by atomic mass is 9.68. The number of hydrogen-bond acceptors (Lipinski definition) is 2. The van der Waals surface area contributed by atoms with Crippen molar-refractivity contribution < 1.29 is 9.18 Å². The summed E-state index contributed by atoms with van der Waals surface area (Å²) in [6.45, 7) is 4.48. The van der Waals surface area contributed by atoms with Crippen molar-refractivity contribution in [3.63, 3.8) is 0 Å². The minimum atomic E-state index is -0.550. The Balaban J connectivity index is 0.00000264. The molecule has 1 aromatic rings. The van der Waals surface area contributed by atoms with Gasteiger partial charge in [-0.2, -0.15) is 0 Å². The predicted molar refractivity (Wildman–Crippen MR) is 94.6 cm³/mol. The van der Waals surface area contributed by atoms with Crippen LogP contribution in [-0.4, -0.2) is 25.5 Å². The molecule has 0 saturated heterocycles. The summed E-state index contributed by atoms with van der Waals surface area (Å²) in [5.41, 5.74) is 0.275. The first-order chi connectivity index (χ1) is 10.7. The molecule has 0 radical (unpaired) electrons. The normalized spacial score (nSPS) is 16.4. The molecular formula is C18H28ClFN2O. The second-order valence-corrected chi connectivity index (χ2v) is 6.16. The van der Waals surface area contributed by atoms with Crippen molar-refractivity contribution in [2.24, 2.45) is 0 Å². The lowest BCUT2D eigenvalue weighted by Crippen LogP contribution is -2.47. The summed E-state index contributed by atoms with van der Waals surface area (Å²) in [6, 6.07) is 6.56. The highest BCUT2D eigenvalue weighted by Gasteiger charge is 2.40. The molecule has 1 aromatic carbocycles. The Hall–Kier alpha value is -1.13. The summed E-state index contributed by atoms with van der Waals surface area (Å²) in [5, 5.41) is 6.33. The fourth-order valence-electron chi connectivity index (χ4n) is 3.32. The zero-order chi connectivity index (χ0) is 15.8. The SMILES string of the molecule is CCCNCCNC(=O)C1(c2cccc(F)c2)CCCCC1.Cl. The number of rotatable bonds is 7. The van der Waals surface area contributed by atoms with Crippen LogP contribution in [0.4, 0.5) is 4.39 Å². The van der Waals surface area contributed by atoms with E-state index < -0.39 is 5.41 Å². The topological polar surface area (TPSA) is 41.1 Å². The number of carbonyl (C=O) groups excluding carboxylic acids is 1. The van der Waals surface area contributed by atoms with Crippen LogP contribution in [-0.2, 0) is 10.2 Å². The van der Waals surface area contributed by atoms with Crippen LogP contribution >= 0.6 is 12.4 Å². The maximum atomic E-state index is 13.6. The zero-order valence-electron chi connectivity index (χ0n) is 13.9. The maximum absolute atomic E-state index is 13.6. The van der Waals surface area contributed by atoms with Gasteiger partial charge in [0.2, 0.25) is 5.91 Å². The van der Waals surface area contributed by atoms with Gasteiger partial charge < -0.3 is 10.6 Å². The zero-order valence-corrected chi connectivity index (χ0v) is 14.7. The summed E-state index contributed by atoms with van der Waals surface area (Å²) in [6.07, 6.45) is 5.91. The fraction of sp³-hybridized carbons (Fsp3) is 0.611. The molecule has 1 amide bonds. The van der Waals surface area contributed by atoms with Crippen LogP contribution in [0, 0.1) is 5.82 Å². The number of hydrogen-bond donors (Lipinski definition) is 2. The van der Waals surface area contributed by atoms with Gasteiger partial charge in [0, 0.05) is 13.1 Å². The van der Waals surface area contributed by atoms with Crippen LogP contribution in [0.3, 0.4) is 0 Å². The molecule has 2 rings (SSSR count). The molecule has 0 aliphatic heterocycles. The third-order valence-corrected chi connectivity index (χ3v) is 4.53. The average Bonchev–Trinajstić information content (AvgIpc) is 2.55. The molecule has 1 fully saturated rings. The molecule has 0 atom stereocenters. The van der Waals surface area contributed by atoms with Crippen molar-refractivity contribution in [3.8, 4) is 0 Å². The number of halogens is 2. The lowest BCUT2D eigenvalue weighted by molar-refractivity contribution is -0.128. The van der Waals surface area contributed by atoms with E-state index in [4.69, 9.17) is 0 Å². The van der Waals surface area contributed by atoms with E-state index in [1.54, 1.807) is 6.07 Å². The quantitative estimate of drug-likeness (QED) is 0.744. The number of nitrogens with one attached hydrogen (secondary N) is 2. The van der Waals surface area contributed by atoms with Gasteiger partial charge in [-0.1, -0.05) is 38.3 Å². The molecule has 1 aliphatic rings. The summed E-state index contributed by atoms with van der Waals surface area (Å²) in [4.78, 5) is 12.8. The van der Waals surface area contributed by atoms with Gasteiger partial charge in [-0.3, -0.25) is 4.79 Å². The Bertz CT molecular complexity index is 490. The van der Waals surface area contributed by atoms with Crippen molar-refractivity contribution in [2.75, 3.05) is 19.6 Å². The van der Waals surface area contributed by atoms with Gasteiger partial charge in [0.1, 0.15) is 5.82 Å². The Morgan fingerprint density at radius 3 is 2.57 bits per heavy atom. The van der Waals surface area contributed by atoms with Gasteiger partial charge >= 0.3 is 0 Å². The molecular weight excluding hydrogens is 315 g/mol. The Morgan fingerprint density at radius 1 is 1.17 bits per heavy atom. The first-order valence-corrected chi connectivity index (χ1v) is 8.44. The second-order valence-electron chi connectivity index (χ2n) is 6.16. The molecule has 0 unspecified atom stereocenters. The van der Waals surface area contributed by atoms with E-state index in [1.807, 2.05) is 6.07 Å². The molecule has 0 bridgehead atoms. The Kier molecular flexibility index (Phi) is 8.56. The number of benzene rings is 1. The standard InChI is InChI=1S/C18H27FN2O.ClH/c1-2-11-20-12-13-21-17(22)18(9-4-3-5-10-18)15-7-6-8-16(19)14-15;/h6-8,14,20H,2-5,9-13H2,1H3,(H,21,22);1H. The van der Waals surface area contributed by atoms with Gasteiger partial charge in [-0.05, 0) is 43.5 Å². The number of amides is 1. The minimum absolute atomic E-state index is 0. The van der Waals surface area contributed by atoms with E-state index in [2.05, 4.69) is 17.6 Å². The van der Waals surface area contributed by atoms with E-state index in [-0.39, 0.29) is 24.1 Å². The minimum Gasteiger partial charge on any atom is -0.354 e. The Labute approximate surface area is 144 Å². The van der Waals surface area contributed by atoms with Gasteiger partial charge in [0.25, 0.3) is 0 Å². The number of carbonyl (C=O) groups is 1. The molecule has 5 heteroatoms. The highest BCUT2D eigenvalue weighted by Crippen LogP contribution is 2.39. The summed E-state index contributed by atoms with van der Waals surface area (Å²) in [5.74, 6) is -0.212. The van der Waals surface area contributed by atoms with Gasteiger partial charge in [-0.25, -0.2) is 4.39 Å². The van der Waals surface area contributed by atoms with Crippen LogP contribution < -0.4 is 10.6 Å². The highest BCUT2D eigenvalue weighted by molar-refractivity contribution is 5.88. The molecule has 1 aliphatic carbocycles. The van der Waals surface area contributed by atoms with Gasteiger partial charge in [0.15, 0.2) is 0 Å². The average molecular weight is 343 g/mol. The third-order valence-electron chi connectivity index (χ3n) is 4.53. The second kappa shape index (κ2) is 9.89. The fourth-order valence-corrected chi connectivity index (χ4v) is 3.32. The lowest BCUT2D eigenvalue weighted by Gasteiger charge is -2.36. The van der Waals surface area contributed by atoms with Crippen molar-refractivity contribution in [2.45, 2.75) is 50.9 Å². The molecule has 0 heterocycles. The summed E-state index contributed by atoms with van der Waals surface area (Å²) < 4.78 is 13.6. The van der Waals surface area contributed by atoms with Crippen LogP contribution in [0.1, 0.15) is 51.0 Å². The van der Waals surface area contributed by atoms with Crippen molar-refractivity contribution in [1.29, 1.82) is 0 Å². The molecule has 1 saturated carbocycles. The molecule has 0 aromatic heterocycles. The summed E-state index contributed by atoms with van der Waals surface area (Å²) >= 11 is 0. The van der Waals surface area contributed by atoms with Crippen molar-refractivity contribution in [1.82, 2.24) is 10.6 Å². The third kappa shape index (κ3) is 5.18. The first-order valence-electron chi connectivity index (χ1n) is 8.44. The largest absolute Gasteiger partial charge is 0.354 e. The van der Waals surface area contributed by atoms with Crippen molar-refractivity contribution in [3.05, 3.63) is 35.6 Å². The Morgan fingerprint density at radius 2 is 1.91 bits per heavy atom. The van der Waals surface area contributed by atoms with Gasteiger partial charge in [0.05, 0.1) is 5.41 Å². The molecule has 2 N–H and O–H groups in total. The smallest absolute Gasteiger partial charge is 0.230 e. The van der Waals surface area contributed by atoms with Gasteiger partial charge in [-0.15, -0.1) is 12.4 Å². The predicted octanol–water partition coefficient (Wildman–Crippen LogP) is 3.57. The van der Waals surface area contributed by atoms with Crippen LogP contribution in [0.25, 0.3) is 0 Å². The van der Waals surface area contributed by atoms with Crippen LogP contribution in [0.15, 0.2) is 24.3 Å². The molecule has 130 valence electrons. The molecule has 3 nitrogen and oxygen atoms in total. The van der Waals surface area contributed by atoms with E-state index in [1.165, 1.54) is 12.1 Å².